The highest BCUT2D eigenvalue weighted by atomic mass is 32.1. The zero-order valence-corrected chi connectivity index (χ0v) is 18.5. The number of oxazole rings is 1. The highest BCUT2D eigenvalue weighted by Crippen LogP contribution is 2.27. The first-order chi connectivity index (χ1) is 15.7. The lowest BCUT2D eigenvalue weighted by molar-refractivity contribution is -0.123. The van der Waals surface area contributed by atoms with Gasteiger partial charge in [-0.2, -0.15) is 0 Å². The third kappa shape index (κ3) is 7.04. The molecule has 0 radical (unpaired) electrons. The molecule has 0 spiro atoms. The Labute approximate surface area is 193 Å². The molecule has 0 fully saturated rings. The molecule has 0 saturated carbocycles. The minimum atomic E-state index is -3.18. The molecule has 2 aromatic heterocycles. The summed E-state index contributed by atoms with van der Waals surface area (Å²) in [5.41, 5.74) is 5.41. The van der Waals surface area contributed by atoms with Crippen LogP contribution in [0.4, 0.5) is 8.78 Å². The van der Waals surface area contributed by atoms with Gasteiger partial charge in [0.1, 0.15) is 0 Å². The highest BCUT2D eigenvalue weighted by molar-refractivity contribution is 7.13. The van der Waals surface area contributed by atoms with Crippen LogP contribution in [0.5, 0.6) is 0 Å². The topological polar surface area (TPSA) is 115 Å². The van der Waals surface area contributed by atoms with E-state index in [1.807, 2.05) is 17.5 Å². The van der Waals surface area contributed by atoms with Crippen molar-refractivity contribution in [1.29, 1.82) is 0 Å². The Balaban J connectivity index is 1.38. The molecule has 174 valence electrons. The minimum Gasteiger partial charge on any atom is -0.433 e. The fourth-order valence-electron chi connectivity index (χ4n) is 3.19. The van der Waals surface area contributed by atoms with E-state index in [0.29, 0.717) is 12.2 Å². The van der Waals surface area contributed by atoms with Gasteiger partial charge in [-0.25, -0.2) is 13.8 Å². The number of carbonyl (C=O) groups is 3. The van der Waals surface area contributed by atoms with E-state index in [2.05, 4.69) is 10.3 Å². The summed E-state index contributed by atoms with van der Waals surface area (Å²) in [6.07, 6.45) is 0.172. The standard InChI is InChI=1S/C23H23F2N3O4S/c24-23(25,13-15-5-1-2-6-16(15)21(26)31)10-9-20(30)27-11-3-7-17(29)22-28-14-18(32-22)19-8-4-12-33-19/h1-2,4-6,8,12,14H,3,7,9-11,13H2,(H2,26,31)(H,27,30). The molecule has 0 aliphatic carbocycles. The predicted molar refractivity (Wildman–Crippen MR) is 119 cm³/mol. The van der Waals surface area contributed by atoms with Gasteiger partial charge >= 0.3 is 0 Å². The van der Waals surface area contributed by atoms with Crippen LogP contribution in [0, 0.1) is 0 Å². The highest BCUT2D eigenvalue weighted by Gasteiger charge is 2.31. The molecule has 0 aliphatic heterocycles. The van der Waals surface area contributed by atoms with Crippen molar-refractivity contribution in [2.45, 2.75) is 38.0 Å². The molecule has 0 unspecified atom stereocenters. The Kier molecular flexibility index (Phi) is 8.05. The largest absolute Gasteiger partial charge is 0.433 e. The average molecular weight is 476 g/mol. The van der Waals surface area contributed by atoms with Crippen LogP contribution in [0.2, 0.25) is 0 Å². The third-order valence-corrected chi connectivity index (χ3v) is 5.75. The van der Waals surface area contributed by atoms with Gasteiger partial charge < -0.3 is 15.5 Å². The number of Topliss-reactive ketones (excluding diaryl/α,β-unsaturated/α-hetero) is 1. The Hall–Kier alpha value is -3.40. The van der Waals surface area contributed by atoms with Crippen molar-refractivity contribution in [3.63, 3.8) is 0 Å². The molecule has 7 nitrogen and oxygen atoms in total. The smallest absolute Gasteiger partial charge is 0.263 e. The summed E-state index contributed by atoms with van der Waals surface area (Å²) in [6, 6.07) is 9.63. The first-order valence-corrected chi connectivity index (χ1v) is 11.2. The van der Waals surface area contributed by atoms with Gasteiger partial charge in [0.2, 0.25) is 17.6 Å². The molecule has 1 aromatic carbocycles. The zero-order valence-electron chi connectivity index (χ0n) is 17.7. The molecular formula is C23H23F2N3O4S. The van der Waals surface area contributed by atoms with Crippen LogP contribution in [0.1, 0.15) is 52.3 Å². The number of rotatable bonds is 12. The van der Waals surface area contributed by atoms with Crippen molar-refractivity contribution in [3.05, 3.63) is 65.0 Å². The van der Waals surface area contributed by atoms with Crippen LogP contribution in [0.25, 0.3) is 10.6 Å². The number of halogens is 2. The Morgan fingerprint density at radius 3 is 2.64 bits per heavy atom. The number of hydrogen-bond acceptors (Lipinski definition) is 6. The molecule has 33 heavy (non-hydrogen) atoms. The van der Waals surface area contributed by atoms with Gasteiger partial charge in [-0.1, -0.05) is 24.3 Å². The van der Waals surface area contributed by atoms with Gasteiger partial charge in [0.05, 0.1) is 11.1 Å². The molecule has 2 amide bonds. The second-order valence-corrected chi connectivity index (χ2v) is 8.39. The Morgan fingerprint density at radius 1 is 1.12 bits per heavy atom. The van der Waals surface area contributed by atoms with E-state index in [4.69, 9.17) is 10.2 Å². The van der Waals surface area contributed by atoms with Gasteiger partial charge in [0, 0.05) is 37.8 Å². The monoisotopic (exact) mass is 475 g/mol. The Bertz CT molecular complexity index is 1110. The first-order valence-electron chi connectivity index (χ1n) is 10.3. The number of amides is 2. The average Bonchev–Trinajstić information content (AvgIpc) is 3.47. The van der Waals surface area contributed by atoms with E-state index in [1.165, 1.54) is 29.7 Å². The number of primary amides is 1. The number of alkyl halides is 2. The number of ketones is 1. The van der Waals surface area contributed by atoms with Crippen molar-refractivity contribution >= 4 is 28.9 Å². The van der Waals surface area contributed by atoms with Gasteiger partial charge in [-0.15, -0.1) is 11.3 Å². The summed E-state index contributed by atoms with van der Waals surface area (Å²) in [4.78, 5) is 40.4. The summed E-state index contributed by atoms with van der Waals surface area (Å²) in [6.45, 7) is 0.166. The number of nitrogens with two attached hydrogens (primary N) is 1. The van der Waals surface area contributed by atoms with Crippen molar-refractivity contribution in [3.8, 4) is 10.6 Å². The SMILES string of the molecule is NC(=O)c1ccccc1CC(F)(F)CCC(=O)NCCCC(=O)c1ncc(-c2cccs2)o1. The van der Waals surface area contributed by atoms with Gasteiger partial charge in [0.25, 0.3) is 11.8 Å². The first kappa shape index (κ1) is 24.2. The van der Waals surface area contributed by atoms with Crippen LogP contribution >= 0.6 is 11.3 Å². The molecule has 2 heterocycles. The molecule has 10 heteroatoms. The van der Waals surface area contributed by atoms with Crippen LogP contribution < -0.4 is 11.1 Å². The molecule has 0 saturated heterocycles. The van der Waals surface area contributed by atoms with Gasteiger partial charge in [-0.05, 0) is 29.5 Å². The van der Waals surface area contributed by atoms with Crippen LogP contribution in [0.15, 0.2) is 52.4 Å². The molecule has 0 bridgehead atoms. The van der Waals surface area contributed by atoms with Crippen molar-refractivity contribution < 1.29 is 27.6 Å². The summed E-state index contributed by atoms with van der Waals surface area (Å²) in [5, 5.41) is 4.42. The molecular weight excluding hydrogens is 452 g/mol. The zero-order chi connectivity index (χ0) is 23.8. The van der Waals surface area contributed by atoms with E-state index in [-0.39, 0.29) is 42.2 Å². The summed E-state index contributed by atoms with van der Waals surface area (Å²) >= 11 is 1.47. The fraction of sp³-hybridized carbons (Fsp3) is 0.304. The maximum atomic E-state index is 14.3. The normalized spacial score (nSPS) is 11.3. The number of aromatic nitrogens is 1. The summed E-state index contributed by atoms with van der Waals surface area (Å²) in [5.74, 6) is -4.28. The van der Waals surface area contributed by atoms with Gasteiger partial charge in [-0.3, -0.25) is 14.4 Å². The number of thiophene rings is 1. The molecule has 0 aliphatic rings. The van der Waals surface area contributed by atoms with Crippen LogP contribution in [0.3, 0.4) is 0 Å². The number of nitrogens with zero attached hydrogens (tertiary/aromatic N) is 1. The fourth-order valence-corrected chi connectivity index (χ4v) is 3.86. The summed E-state index contributed by atoms with van der Waals surface area (Å²) in [7, 11) is 0. The van der Waals surface area contributed by atoms with E-state index < -0.39 is 30.6 Å². The second-order valence-electron chi connectivity index (χ2n) is 7.44. The summed E-state index contributed by atoms with van der Waals surface area (Å²) < 4.78 is 34.1. The van der Waals surface area contributed by atoms with Crippen molar-refractivity contribution in [1.82, 2.24) is 10.3 Å². The maximum absolute atomic E-state index is 14.3. The van der Waals surface area contributed by atoms with E-state index >= 15 is 0 Å². The number of nitrogens with one attached hydrogen (secondary N) is 1. The lowest BCUT2D eigenvalue weighted by Crippen LogP contribution is -2.29. The minimum absolute atomic E-state index is 0.000566. The second kappa shape index (κ2) is 11.0. The molecule has 0 atom stereocenters. The lowest BCUT2D eigenvalue weighted by atomic mass is 9.98. The quantitative estimate of drug-likeness (QED) is 0.300. The lowest BCUT2D eigenvalue weighted by Gasteiger charge is -2.17. The van der Waals surface area contributed by atoms with Gasteiger partial charge in [0.15, 0.2) is 5.76 Å². The molecule has 3 N–H and O–H groups in total. The van der Waals surface area contributed by atoms with E-state index in [0.717, 1.165) is 4.88 Å². The maximum Gasteiger partial charge on any atom is 0.263 e. The third-order valence-electron chi connectivity index (χ3n) is 4.86. The predicted octanol–water partition coefficient (Wildman–Crippen LogP) is 4.24. The Morgan fingerprint density at radius 2 is 1.91 bits per heavy atom. The van der Waals surface area contributed by atoms with Crippen molar-refractivity contribution in [2.75, 3.05) is 6.54 Å². The van der Waals surface area contributed by atoms with Crippen LogP contribution in [-0.2, 0) is 11.2 Å². The number of hydrogen-bond donors (Lipinski definition) is 2. The van der Waals surface area contributed by atoms with Crippen molar-refractivity contribution in [2.24, 2.45) is 5.73 Å². The van der Waals surface area contributed by atoms with E-state index in [1.54, 1.807) is 12.1 Å². The van der Waals surface area contributed by atoms with Crippen LogP contribution in [-0.4, -0.2) is 35.0 Å². The number of benzene rings is 1. The molecule has 3 rings (SSSR count). The van der Waals surface area contributed by atoms with E-state index in [9.17, 15) is 23.2 Å². The molecule has 3 aromatic rings. The number of carbonyl (C=O) groups excluding carboxylic acids is 3.